The van der Waals surface area contributed by atoms with Crippen LogP contribution in [0.1, 0.15) is 12.0 Å². The van der Waals surface area contributed by atoms with E-state index < -0.39 is 10.1 Å². The van der Waals surface area contributed by atoms with E-state index in [2.05, 4.69) is 4.90 Å². The fraction of sp³-hybridized carbons (Fsp3) is 0.571. The first-order chi connectivity index (χ1) is 9.99. The number of ether oxygens (including phenoxy) is 2. The molecule has 1 fully saturated rings. The Morgan fingerprint density at radius 3 is 2.95 bits per heavy atom. The molecule has 0 aromatic heterocycles. The van der Waals surface area contributed by atoms with Gasteiger partial charge in [-0.3, -0.25) is 4.18 Å². The van der Waals surface area contributed by atoms with Crippen molar-refractivity contribution in [1.29, 1.82) is 0 Å². The predicted molar refractivity (Wildman–Crippen MR) is 77.0 cm³/mol. The minimum atomic E-state index is -3.36. The van der Waals surface area contributed by atoms with Crippen molar-refractivity contribution in [2.24, 2.45) is 0 Å². The van der Waals surface area contributed by atoms with E-state index in [1.54, 1.807) is 0 Å². The molecule has 21 heavy (non-hydrogen) atoms. The maximum atomic E-state index is 11.1. The number of hydrogen-bond donors (Lipinski definition) is 0. The lowest BCUT2D eigenvalue weighted by Crippen LogP contribution is -2.26. The summed E-state index contributed by atoms with van der Waals surface area (Å²) in [5, 5.41) is 0. The van der Waals surface area contributed by atoms with Crippen molar-refractivity contribution in [3.8, 4) is 11.5 Å². The topological polar surface area (TPSA) is 65.1 Å². The van der Waals surface area contributed by atoms with Crippen LogP contribution >= 0.6 is 0 Å². The second-order valence-electron chi connectivity index (χ2n) is 5.45. The van der Waals surface area contributed by atoms with Crippen LogP contribution < -0.4 is 9.47 Å². The van der Waals surface area contributed by atoms with Crippen LogP contribution in [0.2, 0.25) is 0 Å². The van der Waals surface area contributed by atoms with Crippen LogP contribution in [0.15, 0.2) is 18.2 Å². The summed E-state index contributed by atoms with van der Waals surface area (Å²) in [6.07, 6.45) is 2.54. The maximum Gasteiger partial charge on any atom is 0.264 e. The molecule has 6 nitrogen and oxygen atoms in total. The molecule has 2 aliphatic rings. The Morgan fingerprint density at radius 2 is 2.14 bits per heavy atom. The third-order valence-corrected chi connectivity index (χ3v) is 4.32. The predicted octanol–water partition coefficient (Wildman–Crippen LogP) is 1.01. The van der Waals surface area contributed by atoms with E-state index in [0.717, 1.165) is 43.7 Å². The van der Waals surface area contributed by atoms with Crippen LogP contribution in [-0.4, -0.2) is 52.1 Å². The summed E-state index contributed by atoms with van der Waals surface area (Å²) in [5.41, 5.74) is 1.19. The van der Waals surface area contributed by atoms with E-state index in [9.17, 15) is 8.42 Å². The number of fused-ring (bicyclic) bond motifs is 1. The van der Waals surface area contributed by atoms with E-state index >= 15 is 0 Å². The number of likely N-dealkylation sites (tertiary alicyclic amines) is 1. The molecule has 1 unspecified atom stereocenters. The third-order valence-electron chi connectivity index (χ3n) is 3.69. The van der Waals surface area contributed by atoms with Gasteiger partial charge in [0, 0.05) is 19.6 Å². The fourth-order valence-electron chi connectivity index (χ4n) is 2.71. The molecular formula is C14H19NO5S. The summed E-state index contributed by atoms with van der Waals surface area (Å²) < 4.78 is 37.9. The smallest absolute Gasteiger partial charge is 0.264 e. The van der Waals surface area contributed by atoms with E-state index in [-0.39, 0.29) is 12.9 Å². The highest BCUT2D eigenvalue weighted by Crippen LogP contribution is 2.32. The zero-order chi connectivity index (χ0) is 14.9. The Hall–Kier alpha value is -1.31. The Morgan fingerprint density at radius 1 is 1.33 bits per heavy atom. The molecule has 1 atom stereocenters. The van der Waals surface area contributed by atoms with Gasteiger partial charge >= 0.3 is 0 Å². The van der Waals surface area contributed by atoms with Crippen molar-refractivity contribution in [2.75, 3.05) is 32.7 Å². The van der Waals surface area contributed by atoms with E-state index in [1.807, 2.05) is 18.2 Å². The monoisotopic (exact) mass is 313 g/mol. The second-order valence-corrected chi connectivity index (χ2v) is 7.05. The van der Waals surface area contributed by atoms with Crippen molar-refractivity contribution in [3.05, 3.63) is 23.8 Å². The summed E-state index contributed by atoms with van der Waals surface area (Å²) >= 11 is 0. The Bertz CT molecular complexity index is 616. The zero-order valence-electron chi connectivity index (χ0n) is 11.9. The summed E-state index contributed by atoms with van der Waals surface area (Å²) in [5.74, 6) is 1.59. The molecule has 7 heteroatoms. The van der Waals surface area contributed by atoms with Crippen molar-refractivity contribution >= 4 is 10.1 Å². The molecule has 0 N–H and O–H groups in total. The molecule has 2 aliphatic heterocycles. The average molecular weight is 313 g/mol. The Kier molecular flexibility index (Phi) is 4.05. The molecule has 0 saturated carbocycles. The standard InChI is InChI=1S/C14H19NO5S/c1-21(16,17)20-12-5-7-15(9-12)6-4-11-2-3-13-14(8-11)19-10-18-13/h2-3,8,12H,4-7,9-10H2,1H3. The van der Waals surface area contributed by atoms with Crippen molar-refractivity contribution in [2.45, 2.75) is 18.9 Å². The van der Waals surface area contributed by atoms with Crippen LogP contribution in [0, 0.1) is 0 Å². The van der Waals surface area contributed by atoms with Gasteiger partial charge in [0.05, 0.1) is 12.4 Å². The Balaban J connectivity index is 1.50. The minimum absolute atomic E-state index is 0.211. The first-order valence-electron chi connectivity index (χ1n) is 6.99. The maximum absolute atomic E-state index is 11.1. The molecule has 0 aliphatic carbocycles. The number of hydrogen-bond acceptors (Lipinski definition) is 6. The van der Waals surface area contributed by atoms with Gasteiger partial charge in [-0.1, -0.05) is 6.07 Å². The van der Waals surface area contributed by atoms with Gasteiger partial charge in [0.15, 0.2) is 11.5 Å². The van der Waals surface area contributed by atoms with Gasteiger partial charge in [0.2, 0.25) is 6.79 Å². The van der Waals surface area contributed by atoms with E-state index in [0.29, 0.717) is 6.54 Å². The number of benzene rings is 1. The first-order valence-corrected chi connectivity index (χ1v) is 8.80. The molecule has 116 valence electrons. The number of rotatable bonds is 5. The highest BCUT2D eigenvalue weighted by molar-refractivity contribution is 7.86. The highest BCUT2D eigenvalue weighted by atomic mass is 32.2. The largest absolute Gasteiger partial charge is 0.454 e. The van der Waals surface area contributed by atoms with Gasteiger partial charge in [-0.2, -0.15) is 8.42 Å². The molecule has 1 aromatic rings. The summed E-state index contributed by atoms with van der Waals surface area (Å²) in [7, 11) is -3.36. The number of nitrogens with zero attached hydrogens (tertiary/aromatic N) is 1. The molecule has 2 heterocycles. The van der Waals surface area contributed by atoms with Gasteiger partial charge in [-0.05, 0) is 30.5 Å². The molecule has 1 aromatic carbocycles. The lowest BCUT2D eigenvalue weighted by molar-refractivity contribution is 0.174. The normalized spacial score (nSPS) is 21.9. The quantitative estimate of drug-likeness (QED) is 0.756. The summed E-state index contributed by atoms with van der Waals surface area (Å²) in [4.78, 5) is 2.22. The summed E-state index contributed by atoms with van der Waals surface area (Å²) in [6, 6.07) is 5.97. The molecule has 0 spiro atoms. The first kappa shape index (κ1) is 14.6. The van der Waals surface area contributed by atoms with Gasteiger partial charge in [-0.15, -0.1) is 0 Å². The van der Waals surface area contributed by atoms with Gasteiger partial charge in [0.25, 0.3) is 10.1 Å². The SMILES string of the molecule is CS(=O)(=O)OC1CCN(CCc2ccc3c(c2)OCO3)C1. The van der Waals surface area contributed by atoms with Crippen molar-refractivity contribution < 1.29 is 22.1 Å². The molecule has 3 rings (SSSR count). The van der Waals surface area contributed by atoms with Gasteiger partial charge in [0.1, 0.15) is 0 Å². The van der Waals surface area contributed by atoms with Crippen LogP contribution in [0.4, 0.5) is 0 Å². The lowest BCUT2D eigenvalue weighted by Gasteiger charge is -2.15. The molecule has 0 amide bonds. The second kappa shape index (κ2) is 5.82. The van der Waals surface area contributed by atoms with Crippen LogP contribution in [0.5, 0.6) is 11.5 Å². The van der Waals surface area contributed by atoms with Gasteiger partial charge in [-0.25, -0.2) is 0 Å². The highest BCUT2D eigenvalue weighted by Gasteiger charge is 2.25. The molecule has 0 radical (unpaired) electrons. The zero-order valence-corrected chi connectivity index (χ0v) is 12.8. The lowest BCUT2D eigenvalue weighted by atomic mass is 10.1. The van der Waals surface area contributed by atoms with E-state index in [4.69, 9.17) is 13.7 Å². The van der Waals surface area contributed by atoms with Crippen LogP contribution in [0.3, 0.4) is 0 Å². The Labute approximate surface area is 124 Å². The molecule has 0 bridgehead atoms. The van der Waals surface area contributed by atoms with Crippen LogP contribution in [-0.2, 0) is 20.7 Å². The molecular weight excluding hydrogens is 294 g/mol. The van der Waals surface area contributed by atoms with E-state index in [1.165, 1.54) is 5.56 Å². The summed E-state index contributed by atoms with van der Waals surface area (Å²) in [6.45, 7) is 2.70. The average Bonchev–Trinajstić information content (AvgIpc) is 3.02. The van der Waals surface area contributed by atoms with Crippen molar-refractivity contribution in [1.82, 2.24) is 4.90 Å². The minimum Gasteiger partial charge on any atom is -0.454 e. The van der Waals surface area contributed by atoms with Crippen LogP contribution in [0.25, 0.3) is 0 Å². The molecule has 1 saturated heterocycles. The third kappa shape index (κ3) is 3.87. The van der Waals surface area contributed by atoms with Crippen molar-refractivity contribution in [3.63, 3.8) is 0 Å². The van der Waals surface area contributed by atoms with Gasteiger partial charge < -0.3 is 14.4 Å². The fourth-order valence-corrected chi connectivity index (χ4v) is 3.36.